The number of nitrogens with zero attached hydrogens (tertiary/aromatic N) is 1. The SMILES string of the molecule is CNC(c1cnc(C)s1)C1CCOC2(CCCCC2)C1. The van der Waals surface area contributed by atoms with Crippen molar-refractivity contribution in [3.8, 4) is 0 Å². The Morgan fingerprint density at radius 1 is 1.40 bits per heavy atom. The molecule has 4 heteroatoms. The minimum absolute atomic E-state index is 0.190. The summed E-state index contributed by atoms with van der Waals surface area (Å²) in [5, 5.41) is 4.70. The second-order valence-electron chi connectivity index (χ2n) is 6.39. The number of aryl methyl sites for hydroxylation is 1. The maximum Gasteiger partial charge on any atom is 0.0897 e. The van der Waals surface area contributed by atoms with Gasteiger partial charge < -0.3 is 10.1 Å². The van der Waals surface area contributed by atoms with Gasteiger partial charge in [0.2, 0.25) is 0 Å². The fourth-order valence-corrected chi connectivity index (χ4v) is 5.02. The van der Waals surface area contributed by atoms with Crippen molar-refractivity contribution in [3.63, 3.8) is 0 Å². The molecular formula is C16H26N2OS. The van der Waals surface area contributed by atoms with Crippen LogP contribution in [0.3, 0.4) is 0 Å². The summed E-state index contributed by atoms with van der Waals surface area (Å²) in [5.74, 6) is 0.687. The molecule has 1 aromatic rings. The minimum atomic E-state index is 0.190. The number of rotatable bonds is 3. The molecule has 0 aromatic carbocycles. The zero-order chi connectivity index (χ0) is 14.0. The first-order chi connectivity index (χ1) is 9.72. The van der Waals surface area contributed by atoms with E-state index in [9.17, 15) is 0 Å². The van der Waals surface area contributed by atoms with Gasteiger partial charge in [-0.25, -0.2) is 4.98 Å². The topological polar surface area (TPSA) is 34.2 Å². The zero-order valence-corrected chi connectivity index (χ0v) is 13.5. The Morgan fingerprint density at radius 2 is 2.20 bits per heavy atom. The van der Waals surface area contributed by atoms with Crippen molar-refractivity contribution in [2.75, 3.05) is 13.7 Å². The quantitative estimate of drug-likeness (QED) is 0.919. The lowest BCUT2D eigenvalue weighted by Crippen LogP contribution is -2.44. The van der Waals surface area contributed by atoms with E-state index in [2.05, 4.69) is 30.5 Å². The van der Waals surface area contributed by atoms with E-state index in [0.29, 0.717) is 12.0 Å². The number of hydrogen-bond acceptors (Lipinski definition) is 4. The summed E-state index contributed by atoms with van der Waals surface area (Å²) >= 11 is 1.83. The lowest BCUT2D eigenvalue weighted by atomic mass is 9.74. The minimum Gasteiger partial charge on any atom is -0.375 e. The smallest absolute Gasteiger partial charge is 0.0897 e. The number of aromatic nitrogens is 1. The Balaban J connectivity index is 1.74. The summed E-state index contributed by atoms with van der Waals surface area (Å²) < 4.78 is 6.23. The lowest BCUT2D eigenvalue weighted by molar-refractivity contribution is -0.121. The van der Waals surface area contributed by atoms with Crippen LogP contribution in [0.4, 0.5) is 0 Å². The van der Waals surface area contributed by atoms with E-state index in [-0.39, 0.29) is 5.60 Å². The van der Waals surface area contributed by atoms with Gasteiger partial charge in [0.15, 0.2) is 0 Å². The number of thiazole rings is 1. The van der Waals surface area contributed by atoms with Crippen molar-refractivity contribution in [3.05, 3.63) is 16.1 Å². The van der Waals surface area contributed by atoms with E-state index < -0.39 is 0 Å². The third-order valence-corrected chi connectivity index (χ3v) is 6.02. The van der Waals surface area contributed by atoms with Gasteiger partial charge in [-0.1, -0.05) is 19.3 Å². The molecule has 1 saturated carbocycles. The molecule has 3 nitrogen and oxygen atoms in total. The van der Waals surface area contributed by atoms with E-state index in [4.69, 9.17) is 4.74 Å². The zero-order valence-electron chi connectivity index (χ0n) is 12.7. The highest BCUT2D eigenvalue weighted by atomic mass is 32.1. The summed E-state index contributed by atoms with van der Waals surface area (Å²) in [6, 6.07) is 0.448. The summed E-state index contributed by atoms with van der Waals surface area (Å²) in [7, 11) is 2.09. The second kappa shape index (κ2) is 6.12. The Kier molecular flexibility index (Phi) is 4.43. The van der Waals surface area contributed by atoms with Gasteiger partial charge in [-0.15, -0.1) is 11.3 Å². The average Bonchev–Trinajstić information content (AvgIpc) is 2.87. The van der Waals surface area contributed by atoms with Crippen LogP contribution in [0, 0.1) is 12.8 Å². The molecule has 2 fully saturated rings. The van der Waals surface area contributed by atoms with E-state index in [0.717, 1.165) is 6.61 Å². The first kappa shape index (κ1) is 14.5. The van der Waals surface area contributed by atoms with E-state index in [1.54, 1.807) is 0 Å². The largest absolute Gasteiger partial charge is 0.375 e. The van der Waals surface area contributed by atoms with E-state index in [1.165, 1.54) is 54.8 Å². The maximum atomic E-state index is 6.23. The number of nitrogens with one attached hydrogen (secondary N) is 1. The van der Waals surface area contributed by atoms with Crippen molar-refractivity contribution < 1.29 is 4.74 Å². The molecule has 2 heterocycles. The van der Waals surface area contributed by atoms with Crippen molar-refractivity contribution in [1.82, 2.24) is 10.3 Å². The van der Waals surface area contributed by atoms with Gasteiger partial charge >= 0.3 is 0 Å². The summed E-state index contributed by atoms with van der Waals surface area (Å²) in [5.41, 5.74) is 0.190. The van der Waals surface area contributed by atoms with Crippen LogP contribution >= 0.6 is 11.3 Å². The molecule has 2 atom stereocenters. The molecule has 1 saturated heterocycles. The molecule has 1 spiro atoms. The average molecular weight is 294 g/mol. The highest BCUT2D eigenvalue weighted by Crippen LogP contribution is 2.44. The lowest BCUT2D eigenvalue weighted by Gasteiger charge is -2.45. The Hall–Kier alpha value is -0.450. The molecule has 2 aliphatic rings. The second-order valence-corrected chi connectivity index (χ2v) is 7.66. The third kappa shape index (κ3) is 2.92. The molecule has 1 aromatic heterocycles. The predicted octanol–water partition coefficient (Wildman–Crippen LogP) is 3.84. The normalized spacial score (nSPS) is 27.6. The fraction of sp³-hybridized carbons (Fsp3) is 0.812. The molecule has 0 radical (unpaired) electrons. The Labute approximate surface area is 126 Å². The van der Waals surface area contributed by atoms with Gasteiger partial charge in [-0.2, -0.15) is 0 Å². The third-order valence-electron chi connectivity index (χ3n) is 5.02. The van der Waals surface area contributed by atoms with Crippen LogP contribution in [-0.4, -0.2) is 24.2 Å². The summed E-state index contributed by atoms with van der Waals surface area (Å²) in [6.45, 7) is 3.02. The molecule has 20 heavy (non-hydrogen) atoms. The maximum absolute atomic E-state index is 6.23. The standard InChI is InChI=1S/C16H26N2OS/c1-12-18-11-14(20-12)15(17-2)13-6-9-19-16(10-13)7-4-3-5-8-16/h11,13,15,17H,3-10H2,1-2H3. The van der Waals surface area contributed by atoms with E-state index >= 15 is 0 Å². The predicted molar refractivity (Wildman–Crippen MR) is 83.1 cm³/mol. The monoisotopic (exact) mass is 294 g/mol. The Morgan fingerprint density at radius 3 is 2.85 bits per heavy atom. The van der Waals surface area contributed by atoms with Crippen molar-refractivity contribution in [2.24, 2.45) is 5.92 Å². The molecule has 2 unspecified atom stereocenters. The van der Waals surface area contributed by atoms with Crippen molar-refractivity contribution in [1.29, 1.82) is 0 Å². The molecule has 112 valence electrons. The van der Waals surface area contributed by atoms with Gasteiger partial charge in [0, 0.05) is 23.7 Å². The van der Waals surface area contributed by atoms with Gasteiger partial charge in [-0.05, 0) is 45.6 Å². The van der Waals surface area contributed by atoms with Crippen LogP contribution < -0.4 is 5.32 Å². The highest BCUT2D eigenvalue weighted by Gasteiger charge is 2.41. The van der Waals surface area contributed by atoms with Crippen LogP contribution in [-0.2, 0) is 4.74 Å². The number of ether oxygens (including phenoxy) is 1. The van der Waals surface area contributed by atoms with Gasteiger partial charge in [-0.3, -0.25) is 0 Å². The summed E-state index contributed by atoms with van der Waals surface area (Å²) in [6.07, 6.45) is 11.1. The summed E-state index contributed by atoms with van der Waals surface area (Å²) in [4.78, 5) is 5.82. The highest BCUT2D eigenvalue weighted by molar-refractivity contribution is 7.11. The molecule has 0 bridgehead atoms. The van der Waals surface area contributed by atoms with Crippen LogP contribution in [0.15, 0.2) is 6.20 Å². The Bertz CT molecular complexity index is 434. The van der Waals surface area contributed by atoms with Gasteiger partial charge in [0.25, 0.3) is 0 Å². The molecular weight excluding hydrogens is 268 g/mol. The fourth-order valence-electron chi connectivity index (χ4n) is 4.03. The van der Waals surface area contributed by atoms with Crippen LogP contribution in [0.5, 0.6) is 0 Å². The first-order valence-electron chi connectivity index (χ1n) is 7.96. The molecule has 0 amide bonds. The number of hydrogen-bond donors (Lipinski definition) is 1. The van der Waals surface area contributed by atoms with Crippen LogP contribution in [0.25, 0.3) is 0 Å². The van der Waals surface area contributed by atoms with E-state index in [1.807, 2.05) is 11.3 Å². The molecule has 1 aliphatic carbocycles. The van der Waals surface area contributed by atoms with Gasteiger partial charge in [0.1, 0.15) is 0 Å². The molecule has 3 rings (SSSR count). The van der Waals surface area contributed by atoms with Crippen LogP contribution in [0.1, 0.15) is 60.9 Å². The van der Waals surface area contributed by atoms with Gasteiger partial charge in [0.05, 0.1) is 10.6 Å². The first-order valence-corrected chi connectivity index (χ1v) is 8.78. The van der Waals surface area contributed by atoms with Crippen molar-refractivity contribution >= 4 is 11.3 Å². The molecule has 1 N–H and O–H groups in total. The van der Waals surface area contributed by atoms with Crippen LogP contribution in [0.2, 0.25) is 0 Å². The molecule has 1 aliphatic heterocycles. The van der Waals surface area contributed by atoms with Crippen molar-refractivity contribution in [2.45, 2.75) is 63.5 Å².